The summed E-state index contributed by atoms with van der Waals surface area (Å²) in [5.41, 5.74) is -0.0759. The minimum atomic E-state index is -0.452. The van der Waals surface area contributed by atoms with Gasteiger partial charge in [0, 0.05) is 19.2 Å². The summed E-state index contributed by atoms with van der Waals surface area (Å²) >= 11 is 0. The molecular weight excluding hydrogens is 310 g/mol. The first-order valence-electron chi connectivity index (χ1n) is 8.86. The number of nitrogens with zero attached hydrogens (tertiary/aromatic N) is 3. The maximum absolute atomic E-state index is 11.0. The topological polar surface area (TPSA) is 102 Å². The van der Waals surface area contributed by atoms with Gasteiger partial charge >= 0.3 is 5.69 Å². The summed E-state index contributed by atoms with van der Waals surface area (Å²) in [7, 11) is 0. The Morgan fingerprint density at radius 3 is 2.75 bits per heavy atom. The molecule has 2 aliphatic rings. The monoisotopic (exact) mass is 335 g/mol. The molecule has 0 aromatic carbocycles. The van der Waals surface area contributed by atoms with E-state index < -0.39 is 4.92 Å². The van der Waals surface area contributed by atoms with Gasteiger partial charge in [-0.05, 0) is 32.1 Å². The highest BCUT2D eigenvalue weighted by molar-refractivity contribution is 5.57. The summed E-state index contributed by atoms with van der Waals surface area (Å²) in [4.78, 5) is 18.9. The van der Waals surface area contributed by atoms with Crippen LogP contribution in [0.15, 0.2) is 6.20 Å². The van der Waals surface area contributed by atoms with E-state index in [-0.39, 0.29) is 5.69 Å². The molecule has 132 valence electrons. The zero-order chi connectivity index (χ0) is 16.8. The zero-order valence-electron chi connectivity index (χ0n) is 13.9. The average Bonchev–Trinajstić information content (AvgIpc) is 3.39. The van der Waals surface area contributed by atoms with Crippen LogP contribution in [0.5, 0.6) is 0 Å². The third-order valence-corrected chi connectivity index (χ3v) is 4.39. The van der Waals surface area contributed by atoms with Crippen LogP contribution < -0.4 is 10.6 Å². The van der Waals surface area contributed by atoms with Crippen LogP contribution in [0.4, 0.5) is 17.5 Å². The molecule has 0 amide bonds. The average molecular weight is 335 g/mol. The molecule has 0 spiro atoms. The summed E-state index contributed by atoms with van der Waals surface area (Å²) in [6.45, 7) is 1.41. The van der Waals surface area contributed by atoms with Crippen molar-refractivity contribution < 1.29 is 9.66 Å². The second-order valence-electron chi connectivity index (χ2n) is 6.51. The normalized spacial score (nSPS) is 18.3. The Morgan fingerprint density at radius 2 is 2.04 bits per heavy atom. The lowest BCUT2D eigenvalue weighted by molar-refractivity contribution is -0.384. The maximum Gasteiger partial charge on any atom is 0.329 e. The summed E-state index contributed by atoms with van der Waals surface area (Å²) < 4.78 is 5.87. The fourth-order valence-electron chi connectivity index (χ4n) is 2.88. The van der Waals surface area contributed by atoms with Crippen molar-refractivity contribution in [1.29, 1.82) is 0 Å². The second kappa shape index (κ2) is 8.23. The maximum atomic E-state index is 11.0. The molecule has 1 aromatic rings. The van der Waals surface area contributed by atoms with E-state index in [1.54, 1.807) is 0 Å². The predicted molar refractivity (Wildman–Crippen MR) is 91.3 cm³/mol. The van der Waals surface area contributed by atoms with Crippen molar-refractivity contribution in [2.45, 2.75) is 63.5 Å². The molecule has 0 saturated heterocycles. The fourth-order valence-corrected chi connectivity index (χ4v) is 2.88. The van der Waals surface area contributed by atoms with E-state index in [2.05, 4.69) is 20.6 Å². The van der Waals surface area contributed by atoms with Gasteiger partial charge in [0.25, 0.3) is 0 Å². The Labute approximate surface area is 141 Å². The van der Waals surface area contributed by atoms with Gasteiger partial charge in [-0.15, -0.1) is 0 Å². The van der Waals surface area contributed by atoms with Crippen LogP contribution >= 0.6 is 0 Å². The number of hydrogen-bond acceptors (Lipinski definition) is 7. The smallest absolute Gasteiger partial charge is 0.329 e. The first kappa shape index (κ1) is 16.9. The Balaban J connectivity index is 1.43. The minimum Gasteiger partial charge on any atom is -0.378 e. The lowest BCUT2D eigenvalue weighted by Crippen LogP contribution is -2.18. The number of anilines is 2. The molecule has 2 saturated carbocycles. The number of aromatic nitrogens is 2. The molecule has 2 aliphatic carbocycles. The molecule has 1 aromatic heterocycles. The molecule has 0 atom stereocenters. The second-order valence-corrected chi connectivity index (χ2v) is 6.51. The third-order valence-electron chi connectivity index (χ3n) is 4.39. The standard InChI is InChI=1S/C16H25N5O3/c22-21(23)14-11-18-16(20-15(14)19-12-7-8-12)17-9-4-10-24-13-5-2-1-3-6-13/h11-13H,1-10H2,(H2,17,18,19,20). The van der Waals surface area contributed by atoms with E-state index >= 15 is 0 Å². The van der Waals surface area contributed by atoms with Crippen molar-refractivity contribution in [1.82, 2.24) is 9.97 Å². The van der Waals surface area contributed by atoms with Gasteiger partial charge in [0.15, 0.2) is 0 Å². The van der Waals surface area contributed by atoms with E-state index in [4.69, 9.17) is 4.74 Å². The summed E-state index contributed by atoms with van der Waals surface area (Å²) in [6, 6.07) is 0.301. The van der Waals surface area contributed by atoms with Gasteiger partial charge in [-0.1, -0.05) is 19.3 Å². The summed E-state index contributed by atoms with van der Waals surface area (Å²) in [6.07, 6.45) is 10.8. The highest BCUT2D eigenvalue weighted by atomic mass is 16.6. The van der Waals surface area contributed by atoms with E-state index in [0.29, 0.717) is 30.5 Å². The molecule has 0 bridgehead atoms. The Hall–Kier alpha value is -1.96. The molecule has 2 N–H and O–H groups in total. The van der Waals surface area contributed by atoms with Crippen molar-refractivity contribution in [3.05, 3.63) is 16.3 Å². The molecule has 8 nitrogen and oxygen atoms in total. The molecule has 3 rings (SSSR count). The van der Waals surface area contributed by atoms with E-state index in [9.17, 15) is 10.1 Å². The lowest BCUT2D eigenvalue weighted by atomic mass is 9.98. The van der Waals surface area contributed by atoms with Crippen LogP contribution in [0.1, 0.15) is 51.4 Å². The SMILES string of the molecule is O=[N+]([O-])c1cnc(NCCCOC2CCCCC2)nc1NC1CC1. The summed E-state index contributed by atoms with van der Waals surface area (Å²) in [5.74, 6) is 0.722. The number of rotatable bonds is 9. The molecular formula is C16H25N5O3. The third kappa shape index (κ3) is 5.02. The molecule has 2 fully saturated rings. The van der Waals surface area contributed by atoms with Crippen molar-refractivity contribution >= 4 is 17.5 Å². The van der Waals surface area contributed by atoms with Crippen molar-refractivity contribution in [2.75, 3.05) is 23.8 Å². The van der Waals surface area contributed by atoms with Gasteiger partial charge in [0.1, 0.15) is 6.20 Å². The minimum absolute atomic E-state index is 0.0759. The zero-order valence-corrected chi connectivity index (χ0v) is 13.9. The van der Waals surface area contributed by atoms with Crippen LogP contribution in [0.25, 0.3) is 0 Å². The van der Waals surface area contributed by atoms with Crippen LogP contribution in [0, 0.1) is 10.1 Å². The Morgan fingerprint density at radius 1 is 1.25 bits per heavy atom. The molecule has 0 aliphatic heterocycles. The fraction of sp³-hybridized carbons (Fsp3) is 0.750. The Bertz CT molecular complexity index is 559. The quantitative estimate of drug-likeness (QED) is 0.406. The highest BCUT2D eigenvalue weighted by Gasteiger charge is 2.26. The molecule has 8 heteroatoms. The van der Waals surface area contributed by atoms with Gasteiger partial charge in [-0.2, -0.15) is 4.98 Å². The van der Waals surface area contributed by atoms with Gasteiger partial charge in [0.2, 0.25) is 11.8 Å². The molecule has 0 radical (unpaired) electrons. The predicted octanol–water partition coefficient (Wildman–Crippen LogP) is 3.11. The van der Waals surface area contributed by atoms with Crippen molar-refractivity contribution in [3.8, 4) is 0 Å². The lowest BCUT2D eigenvalue weighted by Gasteiger charge is -2.21. The van der Waals surface area contributed by atoms with Crippen LogP contribution in [0.2, 0.25) is 0 Å². The number of ether oxygens (including phenoxy) is 1. The van der Waals surface area contributed by atoms with Crippen molar-refractivity contribution in [2.24, 2.45) is 0 Å². The largest absolute Gasteiger partial charge is 0.378 e. The summed E-state index contributed by atoms with van der Waals surface area (Å²) in [5, 5.41) is 17.2. The van der Waals surface area contributed by atoms with E-state index in [1.807, 2.05) is 0 Å². The number of nitro groups is 1. The Kier molecular flexibility index (Phi) is 5.79. The van der Waals surface area contributed by atoms with Crippen LogP contribution in [-0.2, 0) is 4.74 Å². The number of nitrogens with one attached hydrogen (secondary N) is 2. The van der Waals surface area contributed by atoms with E-state index in [1.165, 1.54) is 38.3 Å². The van der Waals surface area contributed by atoms with Crippen LogP contribution in [0.3, 0.4) is 0 Å². The molecule has 0 unspecified atom stereocenters. The first-order chi connectivity index (χ1) is 11.7. The van der Waals surface area contributed by atoms with Gasteiger partial charge in [-0.25, -0.2) is 4.98 Å². The van der Waals surface area contributed by atoms with Crippen LogP contribution in [-0.4, -0.2) is 40.2 Å². The van der Waals surface area contributed by atoms with E-state index in [0.717, 1.165) is 25.9 Å². The molecule has 1 heterocycles. The van der Waals surface area contributed by atoms with Gasteiger partial charge < -0.3 is 15.4 Å². The number of hydrogen-bond donors (Lipinski definition) is 2. The van der Waals surface area contributed by atoms with Gasteiger partial charge in [0.05, 0.1) is 11.0 Å². The highest BCUT2D eigenvalue weighted by Crippen LogP contribution is 2.29. The first-order valence-corrected chi connectivity index (χ1v) is 8.86. The van der Waals surface area contributed by atoms with Gasteiger partial charge in [-0.3, -0.25) is 10.1 Å². The van der Waals surface area contributed by atoms with Crippen molar-refractivity contribution in [3.63, 3.8) is 0 Å². The molecule has 24 heavy (non-hydrogen) atoms.